The molecule has 0 bridgehead atoms. The minimum Gasteiger partial charge on any atom is -0.339 e. The molecule has 0 radical (unpaired) electrons. The van der Waals surface area contributed by atoms with Gasteiger partial charge in [0.05, 0.1) is 12.5 Å². The Morgan fingerprint density at radius 3 is 2.91 bits per heavy atom. The predicted octanol–water partition coefficient (Wildman–Crippen LogP) is 1.19. The number of carbonyl (C=O) groups excluding carboxylic acids is 1. The molecule has 1 saturated heterocycles. The van der Waals surface area contributed by atoms with Gasteiger partial charge in [0.15, 0.2) is 5.82 Å². The molecule has 1 atom stereocenters. The molecule has 1 aliphatic heterocycles. The number of piperazine rings is 1. The summed E-state index contributed by atoms with van der Waals surface area (Å²) in [6.07, 6.45) is 0.581. The third-order valence-electron chi connectivity index (χ3n) is 3.92. The van der Waals surface area contributed by atoms with Gasteiger partial charge in [0, 0.05) is 32.2 Å². The number of rotatable bonds is 4. The number of benzene rings is 1. The molecule has 1 aliphatic rings. The largest absolute Gasteiger partial charge is 0.339 e. The van der Waals surface area contributed by atoms with E-state index >= 15 is 0 Å². The summed E-state index contributed by atoms with van der Waals surface area (Å²) >= 11 is 0. The van der Waals surface area contributed by atoms with Crippen molar-refractivity contribution in [2.24, 2.45) is 0 Å². The highest BCUT2D eigenvalue weighted by molar-refractivity contribution is 5.88. The van der Waals surface area contributed by atoms with Gasteiger partial charge >= 0.3 is 0 Å². The van der Waals surface area contributed by atoms with E-state index in [4.69, 9.17) is 4.52 Å². The van der Waals surface area contributed by atoms with Crippen LogP contribution in [0.4, 0.5) is 5.69 Å². The topological polar surface area (TPSA) is 83.3 Å². The third-order valence-corrected chi connectivity index (χ3v) is 3.92. The molecule has 3 rings (SSSR count). The Bertz CT molecular complexity index is 667. The summed E-state index contributed by atoms with van der Waals surface area (Å²) in [7, 11) is 2.07. The van der Waals surface area contributed by atoms with Crippen LogP contribution in [0.15, 0.2) is 28.8 Å². The number of carbonyl (C=O) groups is 1. The van der Waals surface area contributed by atoms with Crippen molar-refractivity contribution < 1.29 is 9.32 Å². The van der Waals surface area contributed by atoms with Gasteiger partial charge in [0.1, 0.15) is 0 Å². The Balaban J connectivity index is 1.65. The lowest BCUT2D eigenvalue weighted by atomic mass is 10.1. The van der Waals surface area contributed by atoms with E-state index in [9.17, 15) is 4.79 Å². The molecule has 1 unspecified atom stereocenters. The van der Waals surface area contributed by atoms with E-state index in [2.05, 4.69) is 32.7 Å². The number of nitrogens with zero attached hydrogens (tertiary/aromatic N) is 3. The Hall–Kier alpha value is -2.25. The molecular weight excluding hydrogens is 294 g/mol. The number of likely N-dealkylation sites (N-methyl/N-ethyl adjacent to an activating group) is 1. The SMILES string of the molecule is CC(=O)Nc1ccc(Cc2nc(C3CNCCN3C)no2)cc1. The predicted molar refractivity (Wildman–Crippen MR) is 86.1 cm³/mol. The number of aromatic nitrogens is 2. The first-order valence-electron chi connectivity index (χ1n) is 7.72. The molecule has 1 aromatic carbocycles. The molecule has 122 valence electrons. The van der Waals surface area contributed by atoms with E-state index in [0.29, 0.717) is 12.3 Å². The van der Waals surface area contributed by atoms with Crippen LogP contribution in [-0.2, 0) is 11.2 Å². The zero-order valence-electron chi connectivity index (χ0n) is 13.4. The Morgan fingerprint density at radius 2 is 2.22 bits per heavy atom. The Kier molecular flexibility index (Phi) is 4.68. The smallest absolute Gasteiger partial charge is 0.231 e. The van der Waals surface area contributed by atoms with Crippen LogP contribution in [0, 0.1) is 0 Å². The van der Waals surface area contributed by atoms with Gasteiger partial charge in [0.25, 0.3) is 0 Å². The van der Waals surface area contributed by atoms with E-state index in [1.165, 1.54) is 6.92 Å². The van der Waals surface area contributed by atoms with E-state index in [-0.39, 0.29) is 11.9 Å². The second kappa shape index (κ2) is 6.89. The molecule has 0 saturated carbocycles. The van der Waals surface area contributed by atoms with E-state index < -0.39 is 0 Å². The Labute approximate surface area is 135 Å². The summed E-state index contributed by atoms with van der Waals surface area (Å²) < 4.78 is 5.38. The van der Waals surface area contributed by atoms with Crippen molar-refractivity contribution >= 4 is 11.6 Å². The van der Waals surface area contributed by atoms with E-state index in [1.807, 2.05) is 24.3 Å². The van der Waals surface area contributed by atoms with E-state index in [1.54, 1.807) is 0 Å². The minimum atomic E-state index is -0.0792. The molecule has 1 aromatic heterocycles. The fraction of sp³-hybridized carbons (Fsp3) is 0.438. The summed E-state index contributed by atoms with van der Waals surface area (Å²) in [6, 6.07) is 7.79. The summed E-state index contributed by atoms with van der Waals surface area (Å²) in [4.78, 5) is 17.8. The maximum absolute atomic E-state index is 11.0. The molecule has 1 fully saturated rings. The van der Waals surface area contributed by atoms with Crippen LogP contribution in [-0.4, -0.2) is 47.6 Å². The highest BCUT2D eigenvalue weighted by atomic mass is 16.5. The van der Waals surface area contributed by atoms with Gasteiger partial charge < -0.3 is 15.2 Å². The summed E-state index contributed by atoms with van der Waals surface area (Å²) in [5.41, 5.74) is 1.84. The van der Waals surface area contributed by atoms with Crippen LogP contribution in [0.25, 0.3) is 0 Å². The van der Waals surface area contributed by atoms with Crippen molar-refractivity contribution in [1.82, 2.24) is 20.4 Å². The molecule has 7 nitrogen and oxygen atoms in total. The average Bonchev–Trinajstić information content (AvgIpc) is 2.97. The highest BCUT2D eigenvalue weighted by Gasteiger charge is 2.25. The van der Waals surface area contributed by atoms with Crippen LogP contribution < -0.4 is 10.6 Å². The monoisotopic (exact) mass is 315 g/mol. The van der Waals surface area contributed by atoms with Crippen molar-refractivity contribution in [2.75, 3.05) is 32.0 Å². The zero-order valence-corrected chi connectivity index (χ0v) is 13.4. The lowest BCUT2D eigenvalue weighted by molar-refractivity contribution is -0.114. The van der Waals surface area contributed by atoms with Crippen LogP contribution in [0.2, 0.25) is 0 Å². The molecule has 2 N–H and O–H groups in total. The normalized spacial score (nSPS) is 18.8. The number of nitrogens with one attached hydrogen (secondary N) is 2. The average molecular weight is 315 g/mol. The van der Waals surface area contributed by atoms with Gasteiger partial charge in [0.2, 0.25) is 11.8 Å². The fourth-order valence-electron chi connectivity index (χ4n) is 2.65. The lowest BCUT2D eigenvalue weighted by Crippen LogP contribution is -2.44. The summed E-state index contributed by atoms with van der Waals surface area (Å²) in [6.45, 7) is 4.28. The van der Waals surface area contributed by atoms with Crippen LogP contribution in [0.1, 0.15) is 30.2 Å². The van der Waals surface area contributed by atoms with Gasteiger partial charge in [-0.15, -0.1) is 0 Å². The molecule has 1 amide bonds. The highest BCUT2D eigenvalue weighted by Crippen LogP contribution is 2.19. The van der Waals surface area contributed by atoms with Gasteiger partial charge in [-0.3, -0.25) is 9.69 Å². The molecule has 2 heterocycles. The first kappa shape index (κ1) is 15.6. The standard InChI is InChI=1S/C16H21N5O2/c1-11(22)18-13-5-3-12(4-6-13)9-15-19-16(20-23-15)14-10-17-7-8-21(14)2/h3-6,14,17H,7-10H2,1-2H3,(H,18,22). The first-order chi connectivity index (χ1) is 11.1. The molecular formula is C16H21N5O2. The van der Waals surface area contributed by atoms with Crippen molar-refractivity contribution in [2.45, 2.75) is 19.4 Å². The van der Waals surface area contributed by atoms with Gasteiger partial charge in [-0.05, 0) is 24.7 Å². The molecule has 2 aromatic rings. The zero-order chi connectivity index (χ0) is 16.2. The molecule has 7 heteroatoms. The maximum atomic E-state index is 11.0. The summed E-state index contributed by atoms with van der Waals surface area (Å²) in [5, 5.41) is 10.2. The fourth-order valence-corrected chi connectivity index (χ4v) is 2.65. The quantitative estimate of drug-likeness (QED) is 0.882. The van der Waals surface area contributed by atoms with Crippen molar-refractivity contribution in [3.8, 4) is 0 Å². The second-order valence-electron chi connectivity index (χ2n) is 5.80. The maximum Gasteiger partial charge on any atom is 0.231 e. The van der Waals surface area contributed by atoms with Crippen molar-refractivity contribution in [3.05, 3.63) is 41.5 Å². The van der Waals surface area contributed by atoms with Crippen molar-refractivity contribution in [1.29, 1.82) is 0 Å². The van der Waals surface area contributed by atoms with Gasteiger partial charge in [-0.1, -0.05) is 17.3 Å². The number of hydrogen-bond donors (Lipinski definition) is 2. The third kappa shape index (κ3) is 3.94. The minimum absolute atomic E-state index is 0.0792. The number of amides is 1. The summed E-state index contributed by atoms with van der Waals surface area (Å²) in [5.74, 6) is 1.25. The Morgan fingerprint density at radius 1 is 1.43 bits per heavy atom. The van der Waals surface area contributed by atoms with Crippen LogP contribution in [0.3, 0.4) is 0 Å². The van der Waals surface area contributed by atoms with Crippen LogP contribution >= 0.6 is 0 Å². The van der Waals surface area contributed by atoms with Crippen LogP contribution in [0.5, 0.6) is 0 Å². The van der Waals surface area contributed by atoms with Gasteiger partial charge in [-0.25, -0.2) is 0 Å². The molecule has 0 aliphatic carbocycles. The molecule has 23 heavy (non-hydrogen) atoms. The molecule has 0 spiro atoms. The number of hydrogen-bond acceptors (Lipinski definition) is 6. The van der Waals surface area contributed by atoms with E-state index in [0.717, 1.165) is 36.7 Å². The second-order valence-corrected chi connectivity index (χ2v) is 5.80. The first-order valence-corrected chi connectivity index (χ1v) is 7.72. The lowest BCUT2D eigenvalue weighted by Gasteiger charge is -2.30. The van der Waals surface area contributed by atoms with Gasteiger partial charge in [-0.2, -0.15) is 4.98 Å². The van der Waals surface area contributed by atoms with Crippen molar-refractivity contribution in [3.63, 3.8) is 0 Å². The number of anilines is 1.